The number of halogens is 1. The van der Waals surface area contributed by atoms with Crippen molar-refractivity contribution in [1.82, 2.24) is 10.0 Å². The Labute approximate surface area is 227 Å². The van der Waals surface area contributed by atoms with Gasteiger partial charge in [-0.25, -0.2) is 9.80 Å². The average molecular weight is 549 g/mol. The maximum Gasteiger partial charge on any atom is 0.353 e. The van der Waals surface area contributed by atoms with Gasteiger partial charge in [0.25, 0.3) is 17.7 Å². The number of allylic oxidation sites excluding steroid dienone is 2. The SMILES string of the molecule is O=C(CN(C(=O)c1ccc(Cl)cc1)N1C(=O)[C@H]2CC=CC[C@@H]2C1=O)c1ccc(OC(=O)c2cccs2)cc1. The molecule has 2 heterocycles. The van der Waals surface area contributed by atoms with Crippen LogP contribution >= 0.6 is 22.9 Å². The normalized spacial score (nSPS) is 18.3. The number of thiophene rings is 1. The van der Waals surface area contributed by atoms with E-state index in [0.717, 1.165) is 10.0 Å². The van der Waals surface area contributed by atoms with E-state index >= 15 is 0 Å². The molecule has 5 rings (SSSR count). The van der Waals surface area contributed by atoms with Crippen molar-refractivity contribution < 1.29 is 28.7 Å². The van der Waals surface area contributed by atoms with Crippen molar-refractivity contribution in [2.45, 2.75) is 12.8 Å². The molecule has 0 radical (unpaired) electrons. The van der Waals surface area contributed by atoms with E-state index < -0.39 is 47.9 Å². The summed E-state index contributed by atoms with van der Waals surface area (Å²) in [5, 5.41) is 3.92. The van der Waals surface area contributed by atoms with E-state index in [1.54, 1.807) is 17.5 Å². The summed E-state index contributed by atoms with van der Waals surface area (Å²) in [4.78, 5) is 65.9. The van der Waals surface area contributed by atoms with Gasteiger partial charge in [0.15, 0.2) is 5.78 Å². The number of imide groups is 1. The maximum atomic E-state index is 13.5. The lowest BCUT2D eigenvalue weighted by atomic mass is 9.85. The van der Waals surface area contributed by atoms with E-state index in [-0.39, 0.29) is 16.9 Å². The number of rotatable bonds is 7. The van der Waals surface area contributed by atoms with Gasteiger partial charge >= 0.3 is 5.97 Å². The molecule has 1 fully saturated rings. The lowest BCUT2D eigenvalue weighted by molar-refractivity contribution is -0.154. The van der Waals surface area contributed by atoms with Gasteiger partial charge in [-0.3, -0.25) is 19.2 Å². The topological polar surface area (TPSA) is 101 Å². The monoisotopic (exact) mass is 548 g/mol. The number of fused-ring (bicyclic) bond motifs is 1. The highest BCUT2D eigenvalue weighted by molar-refractivity contribution is 7.12. The lowest BCUT2D eigenvalue weighted by Gasteiger charge is -2.30. The number of ketones is 1. The molecule has 3 aromatic rings. The summed E-state index contributed by atoms with van der Waals surface area (Å²) in [6, 6.07) is 15.2. The number of hydrazine groups is 1. The molecule has 8 nitrogen and oxygen atoms in total. The number of Topliss-reactive ketones (excluding diaryl/α,β-unsaturated/α-hetero) is 1. The molecule has 0 spiro atoms. The average Bonchev–Trinajstić information content (AvgIpc) is 3.56. The zero-order valence-electron chi connectivity index (χ0n) is 19.9. The molecular formula is C28H21ClN2O6S. The van der Waals surface area contributed by atoms with Crippen LogP contribution in [-0.4, -0.2) is 46.0 Å². The number of carbonyl (C=O) groups excluding carboxylic acids is 5. The summed E-state index contributed by atoms with van der Waals surface area (Å²) in [7, 11) is 0. The molecule has 1 aliphatic carbocycles. The van der Waals surface area contributed by atoms with Gasteiger partial charge in [0.1, 0.15) is 17.2 Å². The second-order valence-electron chi connectivity index (χ2n) is 8.83. The van der Waals surface area contributed by atoms with E-state index in [0.29, 0.717) is 22.7 Å². The largest absolute Gasteiger partial charge is 0.422 e. The molecule has 0 N–H and O–H groups in total. The fraction of sp³-hybridized carbons (Fsp3) is 0.179. The molecule has 2 aromatic carbocycles. The van der Waals surface area contributed by atoms with Gasteiger partial charge < -0.3 is 4.74 Å². The highest BCUT2D eigenvalue weighted by atomic mass is 35.5. The molecule has 2 atom stereocenters. The highest BCUT2D eigenvalue weighted by Crippen LogP contribution is 2.36. The Kier molecular flexibility index (Phi) is 7.22. The van der Waals surface area contributed by atoms with E-state index in [4.69, 9.17) is 16.3 Å². The number of nitrogens with zero attached hydrogens (tertiary/aromatic N) is 2. The third-order valence-corrected chi connectivity index (χ3v) is 7.56. The number of amides is 3. The first-order valence-electron chi connectivity index (χ1n) is 11.8. The number of carbonyl (C=O) groups is 5. The second-order valence-corrected chi connectivity index (χ2v) is 10.2. The Balaban J connectivity index is 1.38. The van der Waals surface area contributed by atoms with E-state index in [1.807, 2.05) is 12.2 Å². The molecule has 2 aliphatic rings. The van der Waals surface area contributed by atoms with Crippen LogP contribution in [0.3, 0.4) is 0 Å². The van der Waals surface area contributed by atoms with Gasteiger partial charge in [0, 0.05) is 16.1 Å². The minimum absolute atomic E-state index is 0.173. The van der Waals surface area contributed by atoms with Crippen LogP contribution in [0.1, 0.15) is 43.2 Å². The maximum absolute atomic E-state index is 13.5. The fourth-order valence-electron chi connectivity index (χ4n) is 4.48. The molecule has 192 valence electrons. The molecule has 1 aliphatic heterocycles. The summed E-state index contributed by atoms with van der Waals surface area (Å²) in [6.07, 6.45) is 4.49. The van der Waals surface area contributed by atoms with Crippen molar-refractivity contribution in [3.05, 3.63) is 99.2 Å². The molecule has 10 heteroatoms. The first kappa shape index (κ1) is 25.6. The third-order valence-electron chi connectivity index (χ3n) is 6.45. The standard InChI is InChI=1S/C28H21ClN2O6S/c29-19-11-7-18(8-12-19)25(33)30(31-26(34)21-4-1-2-5-22(21)27(31)35)16-23(32)17-9-13-20(14-10-17)37-28(36)24-6-3-15-38-24/h1-3,6-15,21-22H,4-5,16H2/t21-,22-/m0/s1. The summed E-state index contributed by atoms with van der Waals surface area (Å²) in [6.45, 7) is -0.542. The minimum Gasteiger partial charge on any atom is -0.422 e. The van der Waals surface area contributed by atoms with E-state index in [2.05, 4.69) is 0 Å². The van der Waals surface area contributed by atoms with Gasteiger partial charge in [-0.15, -0.1) is 11.3 Å². The Bertz CT molecular complexity index is 1410. The predicted molar refractivity (Wildman–Crippen MR) is 140 cm³/mol. The third kappa shape index (κ3) is 5.03. The first-order chi connectivity index (χ1) is 18.3. The van der Waals surface area contributed by atoms with Gasteiger partial charge in [0.2, 0.25) is 0 Å². The molecule has 0 unspecified atom stereocenters. The van der Waals surface area contributed by atoms with Crippen molar-refractivity contribution in [3.63, 3.8) is 0 Å². The Morgan fingerprint density at radius 2 is 1.50 bits per heavy atom. The van der Waals surface area contributed by atoms with Crippen LogP contribution in [0.15, 0.2) is 78.2 Å². The number of hydrogen-bond acceptors (Lipinski definition) is 7. The fourth-order valence-corrected chi connectivity index (χ4v) is 5.21. The van der Waals surface area contributed by atoms with Gasteiger partial charge in [-0.05, 0) is 72.8 Å². The van der Waals surface area contributed by atoms with Crippen LogP contribution in [-0.2, 0) is 9.59 Å². The van der Waals surface area contributed by atoms with E-state index in [9.17, 15) is 24.0 Å². The smallest absolute Gasteiger partial charge is 0.353 e. The molecule has 1 saturated heterocycles. The zero-order valence-corrected chi connectivity index (χ0v) is 21.5. The molecule has 0 saturated carbocycles. The summed E-state index contributed by atoms with van der Waals surface area (Å²) in [5.41, 5.74) is 0.389. The zero-order chi connectivity index (χ0) is 26.8. The summed E-state index contributed by atoms with van der Waals surface area (Å²) < 4.78 is 5.33. The molecule has 38 heavy (non-hydrogen) atoms. The molecule has 3 amide bonds. The van der Waals surface area contributed by atoms with E-state index in [1.165, 1.54) is 59.9 Å². The highest BCUT2D eigenvalue weighted by Gasteiger charge is 2.51. The quantitative estimate of drug-likeness (QED) is 0.138. The van der Waals surface area contributed by atoms with Crippen molar-refractivity contribution >= 4 is 52.4 Å². The summed E-state index contributed by atoms with van der Waals surface area (Å²) >= 11 is 7.20. The van der Waals surface area contributed by atoms with Crippen LogP contribution in [0.2, 0.25) is 5.02 Å². The van der Waals surface area contributed by atoms with Crippen molar-refractivity contribution in [2.24, 2.45) is 11.8 Å². The van der Waals surface area contributed by atoms with Crippen molar-refractivity contribution in [2.75, 3.05) is 6.54 Å². The first-order valence-corrected chi connectivity index (χ1v) is 13.1. The van der Waals surface area contributed by atoms with Crippen LogP contribution in [0.5, 0.6) is 5.75 Å². The van der Waals surface area contributed by atoms with Crippen molar-refractivity contribution in [3.8, 4) is 5.75 Å². The Hall–Kier alpha value is -4.08. The molecule has 0 bridgehead atoms. The predicted octanol–water partition coefficient (Wildman–Crippen LogP) is 4.81. The number of benzene rings is 2. The number of esters is 1. The van der Waals surface area contributed by atoms with Crippen LogP contribution in [0.25, 0.3) is 0 Å². The number of ether oxygens (including phenoxy) is 1. The molecular weight excluding hydrogens is 528 g/mol. The van der Waals surface area contributed by atoms with Gasteiger partial charge in [-0.2, -0.15) is 5.01 Å². The number of hydrogen-bond donors (Lipinski definition) is 0. The van der Waals surface area contributed by atoms with Crippen LogP contribution < -0.4 is 4.74 Å². The van der Waals surface area contributed by atoms with Gasteiger partial charge in [0.05, 0.1) is 11.8 Å². The van der Waals surface area contributed by atoms with Crippen LogP contribution in [0, 0.1) is 11.8 Å². The minimum atomic E-state index is -0.676. The van der Waals surface area contributed by atoms with Crippen molar-refractivity contribution in [1.29, 1.82) is 0 Å². The Morgan fingerprint density at radius 1 is 0.895 bits per heavy atom. The second kappa shape index (κ2) is 10.7. The summed E-state index contributed by atoms with van der Waals surface area (Å²) in [5.74, 6) is -3.59. The molecule has 1 aromatic heterocycles. The lowest BCUT2D eigenvalue weighted by Crippen LogP contribution is -2.52. The Morgan fingerprint density at radius 3 is 2.08 bits per heavy atom. The van der Waals surface area contributed by atoms with Gasteiger partial charge in [-0.1, -0.05) is 29.8 Å². The van der Waals surface area contributed by atoms with Crippen LogP contribution in [0.4, 0.5) is 0 Å².